The monoisotopic (exact) mass is 1290 g/mol. The molecule has 1 amide bonds. The van der Waals surface area contributed by atoms with Crippen molar-refractivity contribution in [3.05, 3.63) is 48.6 Å². The molecule has 0 saturated carbocycles. The topological polar surface area (TPSA) is 95.9 Å². The second-order valence-electron chi connectivity index (χ2n) is 28.8. The first-order chi connectivity index (χ1) is 45.5. The first-order valence-corrected chi connectivity index (χ1v) is 41.9. The van der Waals surface area contributed by atoms with Crippen molar-refractivity contribution in [1.29, 1.82) is 0 Å². The normalized spacial score (nSPS) is 12.7. The van der Waals surface area contributed by atoms with Crippen molar-refractivity contribution < 1.29 is 24.5 Å². The van der Waals surface area contributed by atoms with Crippen LogP contribution in [0.3, 0.4) is 0 Å². The predicted octanol–water partition coefficient (Wildman–Crippen LogP) is 27.9. The standard InChI is InChI=1S/C86H163NO5/c1-3-5-7-9-11-13-15-16-17-18-19-20-21-37-40-43-46-49-52-55-59-62-66-70-74-78-84(89)83(82-88)87-85(90)79-75-71-67-63-60-56-53-50-47-44-41-38-35-33-31-29-27-25-23-22-24-26-28-30-32-34-36-39-42-45-48-51-54-57-61-65-69-73-77-81-92-86(91)80-76-72-68-64-58-14-12-10-8-6-4-2/h10,12,22-23,26,28,74,78,83-84,88-89H,3-9,11,13-21,24-25,27,29-73,75-77,79-82H2,1-2H3,(H,87,90)/b12-10-,23-22-,28-26-,78-74+. The lowest BCUT2D eigenvalue weighted by Crippen LogP contribution is -2.45. The number of aliphatic hydroxyl groups is 2. The highest BCUT2D eigenvalue weighted by Gasteiger charge is 2.18. The van der Waals surface area contributed by atoms with Crippen molar-refractivity contribution in [2.45, 2.75) is 475 Å². The van der Waals surface area contributed by atoms with E-state index in [9.17, 15) is 19.8 Å². The van der Waals surface area contributed by atoms with E-state index in [1.54, 1.807) is 6.08 Å². The van der Waals surface area contributed by atoms with Gasteiger partial charge in [0.2, 0.25) is 5.91 Å². The van der Waals surface area contributed by atoms with Crippen LogP contribution in [0.25, 0.3) is 0 Å². The third-order valence-electron chi connectivity index (χ3n) is 19.6. The van der Waals surface area contributed by atoms with E-state index in [2.05, 4.69) is 55.6 Å². The molecule has 0 radical (unpaired) electrons. The molecular formula is C86H163NO5. The fourth-order valence-electron chi connectivity index (χ4n) is 13.2. The molecule has 0 aliphatic carbocycles. The molecule has 0 heterocycles. The smallest absolute Gasteiger partial charge is 0.305 e. The second-order valence-corrected chi connectivity index (χ2v) is 28.8. The third-order valence-corrected chi connectivity index (χ3v) is 19.6. The van der Waals surface area contributed by atoms with Crippen molar-refractivity contribution in [3.63, 3.8) is 0 Å². The molecule has 0 aliphatic heterocycles. The molecule has 0 aromatic rings. The van der Waals surface area contributed by atoms with E-state index in [1.165, 1.54) is 385 Å². The van der Waals surface area contributed by atoms with E-state index in [-0.39, 0.29) is 18.5 Å². The Labute approximate surface area is 576 Å². The zero-order chi connectivity index (χ0) is 66.3. The Morgan fingerprint density at radius 2 is 0.554 bits per heavy atom. The van der Waals surface area contributed by atoms with Crippen LogP contribution in [0.1, 0.15) is 463 Å². The van der Waals surface area contributed by atoms with Crippen LogP contribution < -0.4 is 5.32 Å². The van der Waals surface area contributed by atoms with Crippen LogP contribution in [0.5, 0.6) is 0 Å². The molecular weight excluding hydrogens is 1130 g/mol. The molecule has 0 fully saturated rings. The number of rotatable bonds is 79. The molecule has 3 N–H and O–H groups in total. The second kappa shape index (κ2) is 81.2. The molecule has 0 bridgehead atoms. The summed E-state index contributed by atoms with van der Waals surface area (Å²) in [6.07, 6.45) is 108. The van der Waals surface area contributed by atoms with E-state index in [0.29, 0.717) is 19.4 Å². The van der Waals surface area contributed by atoms with Crippen LogP contribution in [0.4, 0.5) is 0 Å². The van der Waals surface area contributed by atoms with Gasteiger partial charge in [-0.25, -0.2) is 0 Å². The van der Waals surface area contributed by atoms with Gasteiger partial charge in [-0.2, -0.15) is 0 Å². The number of ether oxygens (including phenoxy) is 1. The number of esters is 1. The van der Waals surface area contributed by atoms with Crippen molar-refractivity contribution in [3.8, 4) is 0 Å². The van der Waals surface area contributed by atoms with E-state index in [4.69, 9.17) is 4.74 Å². The molecule has 6 heteroatoms. The lowest BCUT2D eigenvalue weighted by atomic mass is 10.0. The zero-order valence-electron chi connectivity index (χ0n) is 62.3. The maximum absolute atomic E-state index is 12.6. The van der Waals surface area contributed by atoms with Gasteiger partial charge in [0.15, 0.2) is 0 Å². The summed E-state index contributed by atoms with van der Waals surface area (Å²) in [4.78, 5) is 24.6. The lowest BCUT2D eigenvalue weighted by molar-refractivity contribution is -0.143. The van der Waals surface area contributed by atoms with Crippen molar-refractivity contribution >= 4 is 11.9 Å². The van der Waals surface area contributed by atoms with Crippen molar-refractivity contribution in [1.82, 2.24) is 5.32 Å². The zero-order valence-corrected chi connectivity index (χ0v) is 62.3. The fraction of sp³-hybridized carbons (Fsp3) is 0.884. The van der Waals surface area contributed by atoms with Gasteiger partial charge >= 0.3 is 5.97 Å². The van der Waals surface area contributed by atoms with Crippen LogP contribution in [0.15, 0.2) is 48.6 Å². The highest BCUT2D eigenvalue weighted by Crippen LogP contribution is 2.20. The van der Waals surface area contributed by atoms with Crippen LogP contribution in [0, 0.1) is 0 Å². The average Bonchev–Trinajstić information content (AvgIpc) is 3.77. The van der Waals surface area contributed by atoms with E-state index >= 15 is 0 Å². The molecule has 92 heavy (non-hydrogen) atoms. The summed E-state index contributed by atoms with van der Waals surface area (Å²) >= 11 is 0. The van der Waals surface area contributed by atoms with Gasteiger partial charge in [-0.15, -0.1) is 0 Å². The van der Waals surface area contributed by atoms with Crippen LogP contribution in [-0.2, 0) is 14.3 Å². The molecule has 0 rings (SSSR count). The van der Waals surface area contributed by atoms with Gasteiger partial charge in [0.1, 0.15) is 0 Å². The molecule has 0 aromatic carbocycles. The first-order valence-electron chi connectivity index (χ1n) is 41.9. The third kappa shape index (κ3) is 76.8. The Morgan fingerprint density at radius 3 is 0.870 bits per heavy atom. The summed E-state index contributed by atoms with van der Waals surface area (Å²) in [7, 11) is 0. The largest absolute Gasteiger partial charge is 0.466 e. The van der Waals surface area contributed by atoms with E-state index in [1.807, 2.05) is 6.08 Å². The Kier molecular flexibility index (Phi) is 79.3. The van der Waals surface area contributed by atoms with Gasteiger partial charge in [0.25, 0.3) is 0 Å². The molecule has 0 saturated heterocycles. The summed E-state index contributed by atoms with van der Waals surface area (Å²) in [5.41, 5.74) is 0. The molecule has 2 unspecified atom stereocenters. The molecule has 6 nitrogen and oxygen atoms in total. The van der Waals surface area contributed by atoms with Crippen LogP contribution in [0.2, 0.25) is 0 Å². The summed E-state index contributed by atoms with van der Waals surface area (Å²) < 4.78 is 5.47. The summed E-state index contributed by atoms with van der Waals surface area (Å²) in [6, 6.07) is -0.628. The van der Waals surface area contributed by atoms with Crippen molar-refractivity contribution in [2.75, 3.05) is 13.2 Å². The summed E-state index contributed by atoms with van der Waals surface area (Å²) in [5.74, 6) is -0.0504. The molecule has 542 valence electrons. The number of allylic oxidation sites excluding steroid dienone is 7. The van der Waals surface area contributed by atoms with Gasteiger partial charge in [-0.1, -0.05) is 416 Å². The minimum absolute atomic E-state index is 0.00940. The highest BCUT2D eigenvalue weighted by molar-refractivity contribution is 5.76. The van der Waals surface area contributed by atoms with Crippen LogP contribution in [-0.4, -0.2) is 47.4 Å². The number of unbranched alkanes of at least 4 members (excludes halogenated alkanes) is 62. The molecule has 0 spiro atoms. The highest BCUT2D eigenvalue weighted by atomic mass is 16.5. The quantitative estimate of drug-likeness (QED) is 0.0320. The average molecular weight is 1290 g/mol. The lowest BCUT2D eigenvalue weighted by Gasteiger charge is -2.20. The van der Waals surface area contributed by atoms with Gasteiger partial charge in [-0.05, 0) is 83.5 Å². The Hall–Kier alpha value is -2.18. The van der Waals surface area contributed by atoms with Crippen LogP contribution >= 0.6 is 0 Å². The molecule has 2 atom stereocenters. The number of amides is 1. The molecule has 0 aromatic heterocycles. The Bertz CT molecular complexity index is 1540. The minimum Gasteiger partial charge on any atom is -0.466 e. The maximum Gasteiger partial charge on any atom is 0.305 e. The van der Waals surface area contributed by atoms with E-state index < -0.39 is 12.1 Å². The Morgan fingerprint density at radius 1 is 0.304 bits per heavy atom. The van der Waals surface area contributed by atoms with Gasteiger partial charge in [0, 0.05) is 12.8 Å². The number of carbonyl (C=O) groups excluding carboxylic acids is 2. The SMILES string of the molecule is CCCC/C=C\CCCCCCCC(=O)OCCCCCCCCCCCCCCCCC/C=C\C/C=C\CCCCCCCCCCCCCCCCCCCC(=O)NC(CO)C(O)/C=C/CCCCCCCCCCCCCCCCCCCCCCCCC. The number of aliphatic hydroxyl groups excluding tert-OH is 2. The number of hydrogen-bond acceptors (Lipinski definition) is 5. The Balaban J connectivity index is 3.39. The molecule has 0 aliphatic rings. The number of hydrogen-bond donors (Lipinski definition) is 3. The van der Waals surface area contributed by atoms with Gasteiger partial charge in [-0.3, -0.25) is 9.59 Å². The minimum atomic E-state index is -0.845. The first kappa shape index (κ1) is 89.8. The predicted molar refractivity (Wildman–Crippen MR) is 407 cm³/mol. The van der Waals surface area contributed by atoms with Crippen molar-refractivity contribution in [2.24, 2.45) is 0 Å². The maximum atomic E-state index is 12.6. The number of nitrogens with one attached hydrogen (secondary N) is 1. The number of carbonyl (C=O) groups is 2. The van der Waals surface area contributed by atoms with E-state index in [0.717, 1.165) is 51.4 Å². The van der Waals surface area contributed by atoms with Gasteiger partial charge in [0.05, 0.1) is 25.4 Å². The summed E-state index contributed by atoms with van der Waals surface area (Å²) in [5, 5.41) is 23.3. The van der Waals surface area contributed by atoms with Gasteiger partial charge < -0.3 is 20.3 Å². The summed E-state index contributed by atoms with van der Waals surface area (Å²) in [6.45, 7) is 4.91. The fourth-order valence-corrected chi connectivity index (χ4v) is 13.2.